The van der Waals surface area contributed by atoms with Crippen LogP contribution in [-0.2, 0) is 9.47 Å². The Bertz CT molecular complexity index is 368. The maximum absolute atomic E-state index is 11.6. The van der Waals surface area contributed by atoms with Gasteiger partial charge in [-0.3, -0.25) is 4.90 Å². The molecule has 1 N–H and O–H groups in total. The maximum atomic E-state index is 11.6. The number of ether oxygens (including phenoxy) is 2. The zero-order chi connectivity index (χ0) is 12.1. The van der Waals surface area contributed by atoms with Crippen molar-refractivity contribution in [2.24, 2.45) is 0 Å². The minimum Gasteiger partial charge on any atom is -0.446 e. The van der Waals surface area contributed by atoms with Crippen LogP contribution in [0.4, 0.5) is 0 Å². The van der Waals surface area contributed by atoms with Crippen LogP contribution in [0.3, 0.4) is 0 Å². The van der Waals surface area contributed by atoms with E-state index < -0.39 is 6.29 Å². The summed E-state index contributed by atoms with van der Waals surface area (Å²) in [5.41, 5.74) is 0.529. The Morgan fingerprint density at radius 1 is 1.47 bits per heavy atom. The number of aliphatic hydroxyl groups excluding tert-OH is 1. The lowest BCUT2D eigenvalue weighted by molar-refractivity contribution is -0.157. The van der Waals surface area contributed by atoms with Gasteiger partial charge >= 0.3 is 5.97 Å². The monoisotopic (exact) mass is 237 g/mol. The Balaban J connectivity index is 1.80. The number of esters is 1. The summed E-state index contributed by atoms with van der Waals surface area (Å²) in [6.07, 6.45) is -0.792. The number of benzene rings is 1. The smallest absolute Gasteiger partial charge is 0.339 e. The van der Waals surface area contributed by atoms with Crippen LogP contribution in [-0.4, -0.2) is 48.7 Å². The Labute approximate surface area is 99.6 Å². The number of nitrogens with zero attached hydrogens (tertiary/aromatic N) is 1. The highest BCUT2D eigenvalue weighted by atomic mass is 16.6. The Kier molecular flexibility index (Phi) is 4.08. The highest BCUT2D eigenvalue weighted by Gasteiger charge is 2.19. The van der Waals surface area contributed by atoms with Gasteiger partial charge < -0.3 is 14.6 Å². The average molecular weight is 237 g/mol. The van der Waals surface area contributed by atoms with Gasteiger partial charge in [-0.25, -0.2) is 4.79 Å². The third-order valence-corrected chi connectivity index (χ3v) is 2.52. The summed E-state index contributed by atoms with van der Waals surface area (Å²) >= 11 is 0. The quantitative estimate of drug-likeness (QED) is 0.773. The predicted octanol–water partition coefficient (Wildman–Crippen LogP) is 0.451. The number of rotatable bonds is 3. The molecule has 1 heterocycles. The van der Waals surface area contributed by atoms with E-state index in [9.17, 15) is 9.90 Å². The first-order chi connectivity index (χ1) is 8.25. The number of carbonyl (C=O) groups is 1. The zero-order valence-corrected chi connectivity index (χ0v) is 9.41. The van der Waals surface area contributed by atoms with Crippen molar-refractivity contribution < 1.29 is 19.4 Å². The lowest BCUT2D eigenvalue weighted by Crippen LogP contribution is -2.43. The van der Waals surface area contributed by atoms with E-state index in [1.165, 1.54) is 0 Å². The van der Waals surface area contributed by atoms with Crippen LogP contribution >= 0.6 is 0 Å². The van der Waals surface area contributed by atoms with Gasteiger partial charge in [0.2, 0.25) is 0 Å². The highest BCUT2D eigenvalue weighted by molar-refractivity contribution is 5.89. The Morgan fingerprint density at radius 3 is 2.94 bits per heavy atom. The van der Waals surface area contributed by atoms with Gasteiger partial charge in [0.05, 0.1) is 18.7 Å². The van der Waals surface area contributed by atoms with Crippen molar-refractivity contribution in [1.29, 1.82) is 0 Å². The number of morpholine rings is 1. The zero-order valence-electron chi connectivity index (χ0n) is 9.41. The van der Waals surface area contributed by atoms with Crippen molar-refractivity contribution in [2.75, 3.05) is 26.4 Å². The van der Waals surface area contributed by atoms with Crippen molar-refractivity contribution in [3.8, 4) is 0 Å². The maximum Gasteiger partial charge on any atom is 0.339 e. The van der Waals surface area contributed by atoms with Crippen LogP contribution in [0.1, 0.15) is 10.4 Å². The number of carbonyl (C=O) groups excluding carboxylic acids is 1. The molecule has 5 heteroatoms. The molecule has 2 rings (SSSR count). The van der Waals surface area contributed by atoms with Gasteiger partial charge in [-0.15, -0.1) is 0 Å². The topological polar surface area (TPSA) is 59.0 Å². The third kappa shape index (κ3) is 3.52. The SMILES string of the molecule is O=C(OCN1CCOC(O)C1)c1ccccc1. The van der Waals surface area contributed by atoms with Crippen molar-refractivity contribution in [3.05, 3.63) is 35.9 Å². The van der Waals surface area contributed by atoms with Crippen molar-refractivity contribution in [2.45, 2.75) is 6.29 Å². The molecule has 0 radical (unpaired) electrons. The summed E-state index contributed by atoms with van der Waals surface area (Å²) in [5, 5.41) is 9.26. The van der Waals surface area contributed by atoms with E-state index in [2.05, 4.69) is 0 Å². The van der Waals surface area contributed by atoms with E-state index in [0.717, 1.165) is 0 Å². The van der Waals surface area contributed by atoms with Gasteiger partial charge in [0, 0.05) is 6.54 Å². The van der Waals surface area contributed by atoms with Crippen LogP contribution in [0.15, 0.2) is 30.3 Å². The molecule has 1 aliphatic rings. The fraction of sp³-hybridized carbons (Fsp3) is 0.417. The number of hydrogen-bond acceptors (Lipinski definition) is 5. The minimum atomic E-state index is -0.792. The molecule has 1 unspecified atom stereocenters. The van der Waals surface area contributed by atoms with E-state index in [-0.39, 0.29) is 12.7 Å². The van der Waals surface area contributed by atoms with Gasteiger partial charge in [-0.2, -0.15) is 0 Å². The molecule has 1 aromatic rings. The first-order valence-corrected chi connectivity index (χ1v) is 5.50. The molecule has 0 aliphatic carbocycles. The molecule has 1 fully saturated rings. The summed E-state index contributed by atoms with van der Waals surface area (Å²) in [5.74, 6) is -0.355. The van der Waals surface area contributed by atoms with Crippen molar-refractivity contribution >= 4 is 5.97 Å². The largest absolute Gasteiger partial charge is 0.446 e. The van der Waals surface area contributed by atoms with E-state index >= 15 is 0 Å². The number of aliphatic hydroxyl groups is 1. The fourth-order valence-corrected chi connectivity index (χ4v) is 1.61. The van der Waals surface area contributed by atoms with E-state index in [1.54, 1.807) is 24.3 Å². The summed E-state index contributed by atoms with van der Waals surface area (Å²) in [6, 6.07) is 8.83. The molecule has 1 saturated heterocycles. The molecule has 1 aliphatic heterocycles. The lowest BCUT2D eigenvalue weighted by Gasteiger charge is -2.29. The minimum absolute atomic E-state index is 0.175. The molecule has 17 heavy (non-hydrogen) atoms. The summed E-state index contributed by atoms with van der Waals surface area (Å²) in [4.78, 5) is 13.5. The molecular formula is C12H15NO4. The summed E-state index contributed by atoms with van der Waals surface area (Å²) in [7, 11) is 0. The number of hydrogen-bond donors (Lipinski definition) is 1. The fourth-order valence-electron chi connectivity index (χ4n) is 1.61. The van der Waals surface area contributed by atoms with Crippen LogP contribution in [0, 0.1) is 0 Å². The Morgan fingerprint density at radius 2 is 2.24 bits per heavy atom. The van der Waals surface area contributed by atoms with E-state index in [1.807, 2.05) is 11.0 Å². The van der Waals surface area contributed by atoms with Crippen LogP contribution in [0.2, 0.25) is 0 Å². The molecule has 5 nitrogen and oxygen atoms in total. The van der Waals surface area contributed by atoms with Crippen LogP contribution < -0.4 is 0 Å². The third-order valence-electron chi connectivity index (χ3n) is 2.52. The molecule has 0 spiro atoms. The van der Waals surface area contributed by atoms with Crippen molar-refractivity contribution in [3.63, 3.8) is 0 Å². The van der Waals surface area contributed by atoms with E-state index in [4.69, 9.17) is 9.47 Å². The average Bonchev–Trinajstić information content (AvgIpc) is 2.37. The van der Waals surface area contributed by atoms with E-state index in [0.29, 0.717) is 25.3 Å². The standard InChI is InChI=1S/C12H15NO4/c14-11-8-13(6-7-16-11)9-17-12(15)10-4-2-1-3-5-10/h1-5,11,14H,6-9H2. The lowest BCUT2D eigenvalue weighted by atomic mass is 10.2. The van der Waals surface area contributed by atoms with Gasteiger partial charge in [0.25, 0.3) is 0 Å². The molecular weight excluding hydrogens is 222 g/mol. The van der Waals surface area contributed by atoms with Gasteiger partial charge in [-0.05, 0) is 12.1 Å². The first kappa shape index (κ1) is 12.0. The molecule has 0 amide bonds. The van der Waals surface area contributed by atoms with Crippen LogP contribution in [0.5, 0.6) is 0 Å². The summed E-state index contributed by atoms with van der Waals surface area (Å²) < 4.78 is 10.1. The van der Waals surface area contributed by atoms with Crippen molar-refractivity contribution in [1.82, 2.24) is 4.90 Å². The molecule has 92 valence electrons. The second kappa shape index (κ2) is 5.77. The second-order valence-electron chi connectivity index (χ2n) is 3.83. The molecule has 1 aromatic carbocycles. The molecule has 0 bridgehead atoms. The molecule has 0 aromatic heterocycles. The normalized spacial score (nSPS) is 21.1. The van der Waals surface area contributed by atoms with Gasteiger partial charge in [-0.1, -0.05) is 18.2 Å². The number of β-amino-alcohol motifs (C(OH)–C–C–N with tert-alkyl or cyclic N) is 1. The van der Waals surface area contributed by atoms with Gasteiger partial charge in [0.15, 0.2) is 6.29 Å². The first-order valence-electron chi connectivity index (χ1n) is 5.50. The highest BCUT2D eigenvalue weighted by Crippen LogP contribution is 2.05. The predicted molar refractivity (Wildman–Crippen MR) is 60.3 cm³/mol. The Hall–Kier alpha value is -1.43. The van der Waals surface area contributed by atoms with Gasteiger partial charge in [0.1, 0.15) is 6.73 Å². The summed E-state index contributed by atoms with van der Waals surface area (Å²) in [6.45, 7) is 1.64. The van der Waals surface area contributed by atoms with Crippen LogP contribution in [0.25, 0.3) is 0 Å². The molecule has 1 atom stereocenters. The second-order valence-corrected chi connectivity index (χ2v) is 3.83. The molecule has 0 saturated carbocycles.